The van der Waals surface area contributed by atoms with Gasteiger partial charge in [-0.3, -0.25) is 5.10 Å². The van der Waals surface area contributed by atoms with E-state index in [9.17, 15) is 0 Å². The zero-order chi connectivity index (χ0) is 13.8. The maximum Gasteiger partial charge on any atom is 0.244 e. The molecular weight excluding hydrogens is 256 g/mol. The van der Waals surface area contributed by atoms with Crippen LogP contribution < -0.4 is 10.2 Å². The molecule has 20 heavy (non-hydrogen) atoms. The van der Waals surface area contributed by atoms with Gasteiger partial charge in [0.25, 0.3) is 0 Å². The zero-order valence-corrected chi connectivity index (χ0v) is 11.7. The number of nitrogens with zero attached hydrogens (tertiary/aromatic N) is 6. The van der Waals surface area contributed by atoms with E-state index < -0.39 is 0 Å². The van der Waals surface area contributed by atoms with Crippen LogP contribution in [0.3, 0.4) is 0 Å². The average molecular weight is 276 g/mol. The van der Waals surface area contributed by atoms with E-state index in [0.29, 0.717) is 6.54 Å². The Labute approximate surface area is 117 Å². The Kier molecular flexibility index (Phi) is 3.91. The Morgan fingerprint density at radius 3 is 2.95 bits per heavy atom. The van der Waals surface area contributed by atoms with Crippen molar-refractivity contribution in [1.29, 1.82) is 0 Å². The van der Waals surface area contributed by atoms with Gasteiger partial charge in [-0.2, -0.15) is 10.1 Å². The van der Waals surface area contributed by atoms with E-state index in [1.807, 2.05) is 7.05 Å². The Morgan fingerprint density at radius 2 is 2.25 bits per heavy atom. The van der Waals surface area contributed by atoms with Crippen molar-refractivity contribution in [2.75, 3.05) is 31.6 Å². The van der Waals surface area contributed by atoms with E-state index >= 15 is 0 Å². The van der Waals surface area contributed by atoms with Crippen LogP contribution >= 0.6 is 0 Å². The van der Waals surface area contributed by atoms with E-state index in [2.05, 4.69) is 35.5 Å². The van der Waals surface area contributed by atoms with Crippen molar-refractivity contribution in [2.24, 2.45) is 5.92 Å². The monoisotopic (exact) mass is 276 g/mol. The van der Waals surface area contributed by atoms with E-state index in [-0.39, 0.29) is 0 Å². The van der Waals surface area contributed by atoms with Gasteiger partial charge in [-0.05, 0) is 32.4 Å². The zero-order valence-electron chi connectivity index (χ0n) is 11.7. The molecule has 0 radical (unpaired) electrons. The van der Waals surface area contributed by atoms with Crippen molar-refractivity contribution < 1.29 is 0 Å². The van der Waals surface area contributed by atoms with Crippen molar-refractivity contribution in [1.82, 2.24) is 35.3 Å². The van der Waals surface area contributed by atoms with Gasteiger partial charge in [-0.25, -0.2) is 9.67 Å². The van der Waals surface area contributed by atoms with E-state index in [0.717, 1.165) is 37.3 Å². The smallest absolute Gasteiger partial charge is 0.244 e. The maximum absolute atomic E-state index is 4.53. The van der Waals surface area contributed by atoms with Gasteiger partial charge in [-0.1, -0.05) is 0 Å². The molecule has 1 aliphatic heterocycles. The molecule has 0 unspecified atom stereocenters. The van der Waals surface area contributed by atoms with Gasteiger partial charge < -0.3 is 10.2 Å². The first-order valence-electron chi connectivity index (χ1n) is 6.98. The summed E-state index contributed by atoms with van der Waals surface area (Å²) in [6, 6.07) is 0. The quantitative estimate of drug-likeness (QED) is 0.791. The lowest BCUT2D eigenvalue weighted by Gasteiger charge is -2.30. The van der Waals surface area contributed by atoms with Crippen molar-refractivity contribution >= 4 is 5.95 Å². The van der Waals surface area contributed by atoms with Crippen LogP contribution in [0.5, 0.6) is 0 Å². The molecule has 1 aliphatic rings. The summed E-state index contributed by atoms with van der Waals surface area (Å²) in [6.45, 7) is 3.71. The third kappa shape index (κ3) is 2.96. The highest BCUT2D eigenvalue weighted by Crippen LogP contribution is 2.20. The van der Waals surface area contributed by atoms with E-state index in [4.69, 9.17) is 0 Å². The summed E-state index contributed by atoms with van der Waals surface area (Å²) in [5.41, 5.74) is 0. The highest BCUT2D eigenvalue weighted by atomic mass is 15.4. The van der Waals surface area contributed by atoms with Gasteiger partial charge in [0.2, 0.25) is 5.95 Å². The summed E-state index contributed by atoms with van der Waals surface area (Å²) >= 11 is 0. The van der Waals surface area contributed by atoms with Crippen molar-refractivity contribution in [3.63, 3.8) is 0 Å². The number of aromatic nitrogens is 6. The number of aromatic amines is 1. The minimum Gasteiger partial charge on any atom is -0.340 e. The topological polar surface area (TPSA) is 87.5 Å². The fraction of sp³-hybridized carbons (Fsp3) is 0.667. The minimum absolute atomic E-state index is 0.573. The highest BCUT2D eigenvalue weighted by Gasteiger charge is 2.21. The number of hydrogen-bond donors (Lipinski definition) is 2. The summed E-state index contributed by atoms with van der Waals surface area (Å²) < 4.78 is 1.73. The Bertz CT molecular complexity index is 511. The van der Waals surface area contributed by atoms with Crippen LogP contribution in [0.4, 0.5) is 5.95 Å². The second-order valence-electron chi connectivity index (χ2n) is 5.16. The lowest BCUT2D eigenvalue weighted by Crippen LogP contribution is -2.37. The number of anilines is 1. The van der Waals surface area contributed by atoms with Crippen LogP contribution in [-0.4, -0.2) is 56.6 Å². The third-order valence-corrected chi connectivity index (χ3v) is 3.69. The number of rotatable bonds is 5. The van der Waals surface area contributed by atoms with Crippen LogP contribution in [0, 0.1) is 5.92 Å². The molecule has 3 heterocycles. The van der Waals surface area contributed by atoms with E-state index in [1.54, 1.807) is 11.0 Å². The molecule has 0 saturated carbocycles. The molecule has 108 valence electrons. The second-order valence-corrected chi connectivity index (χ2v) is 5.16. The van der Waals surface area contributed by atoms with Gasteiger partial charge in [0.15, 0.2) is 0 Å². The summed E-state index contributed by atoms with van der Waals surface area (Å²) in [7, 11) is 2.01. The molecule has 8 heteroatoms. The summed E-state index contributed by atoms with van der Waals surface area (Å²) in [5.74, 6) is 2.37. The summed E-state index contributed by atoms with van der Waals surface area (Å²) in [6.07, 6.45) is 5.57. The van der Waals surface area contributed by atoms with Gasteiger partial charge in [0.1, 0.15) is 25.0 Å². The summed E-state index contributed by atoms with van der Waals surface area (Å²) in [4.78, 5) is 10.7. The molecule has 2 aromatic rings. The maximum atomic E-state index is 4.53. The predicted molar refractivity (Wildman–Crippen MR) is 74.4 cm³/mol. The van der Waals surface area contributed by atoms with Crippen LogP contribution in [0.25, 0.3) is 0 Å². The van der Waals surface area contributed by atoms with E-state index in [1.165, 1.54) is 19.2 Å². The van der Waals surface area contributed by atoms with Crippen molar-refractivity contribution in [3.05, 3.63) is 18.5 Å². The number of piperidine rings is 1. The fourth-order valence-corrected chi connectivity index (χ4v) is 2.59. The van der Waals surface area contributed by atoms with Crippen LogP contribution in [0.2, 0.25) is 0 Å². The van der Waals surface area contributed by atoms with Crippen LogP contribution in [0.1, 0.15) is 18.7 Å². The van der Waals surface area contributed by atoms with Crippen LogP contribution in [0.15, 0.2) is 12.7 Å². The molecule has 2 aromatic heterocycles. The molecule has 0 aromatic carbocycles. The molecule has 0 amide bonds. The minimum atomic E-state index is 0.573. The number of nitrogens with one attached hydrogen (secondary N) is 2. The number of H-pyrrole nitrogens is 1. The third-order valence-electron chi connectivity index (χ3n) is 3.69. The SMILES string of the molecule is CNCC1CCN(c2n[nH]c(Cn3cncn3)n2)CC1. The Morgan fingerprint density at radius 1 is 1.40 bits per heavy atom. The molecule has 1 saturated heterocycles. The largest absolute Gasteiger partial charge is 0.340 e. The first-order chi connectivity index (χ1) is 9.85. The first-order valence-corrected chi connectivity index (χ1v) is 6.98. The normalized spacial score (nSPS) is 16.8. The highest BCUT2D eigenvalue weighted by molar-refractivity contribution is 5.29. The molecular formula is C12H20N8. The standard InChI is InChI=1S/C12H20N8/c1-13-6-10-2-4-19(5-3-10)12-16-11(17-18-12)7-20-9-14-8-15-20/h8-10,13H,2-7H2,1H3,(H,16,17,18). The molecule has 0 atom stereocenters. The Hall–Kier alpha value is -1.96. The predicted octanol–water partition coefficient (Wildman–Crippen LogP) is -0.120. The number of hydrogen-bond acceptors (Lipinski definition) is 6. The van der Waals surface area contributed by atoms with Gasteiger partial charge in [0.05, 0.1) is 0 Å². The molecule has 1 fully saturated rings. The first kappa shape index (κ1) is 13.0. The molecule has 2 N–H and O–H groups in total. The Balaban J connectivity index is 1.57. The molecule has 3 rings (SSSR count). The van der Waals surface area contributed by atoms with Gasteiger partial charge >= 0.3 is 0 Å². The lowest BCUT2D eigenvalue weighted by molar-refractivity contribution is 0.391. The molecule has 0 bridgehead atoms. The fourth-order valence-electron chi connectivity index (χ4n) is 2.59. The van der Waals surface area contributed by atoms with Crippen molar-refractivity contribution in [2.45, 2.75) is 19.4 Å². The summed E-state index contributed by atoms with van der Waals surface area (Å²) in [5, 5.41) is 14.6. The van der Waals surface area contributed by atoms with Crippen molar-refractivity contribution in [3.8, 4) is 0 Å². The average Bonchev–Trinajstić information content (AvgIpc) is 3.12. The lowest BCUT2D eigenvalue weighted by atomic mass is 9.97. The van der Waals surface area contributed by atoms with Gasteiger partial charge in [0, 0.05) is 13.1 Å². The van der Waals surface area contributed by atoms with Gasteiger partial charge in [-0.15, -0.1) is 5.10 Å². The van der Waals surface area contributed by atoms with Crippen LogP contribution in [-0.2, 0) is 6.54 Å². The molecule has 8 nitrogen and oxygen atoms in total. The second kappa shape index (κ2) is 6.00. The molecule has 0 spiro atoms. The molecule has 0 aliphatic carbocycles.